The van der Waals surface area contributed by atoms with E-state index in [1.165, 1.54) is 0 Å². The smallest absolute Gasteiger partial charge is 0.123 e. The highest BCUT2D eigenvalue weighted by atomic mass is 16.5. The second-order valence-corrected chi connectivity index (χ2v) is 5.15. The summed E-state index contributed by atoms with van der Waals surface area (Å²) in [6, 6.07) is 7.68. The van der Waals surface area contributed by atoms with Crippen LogP contribution in [-0.4, -0.2) is 39.0 Å². The zero-order valence-electron chi connectivity index (χ0n) is 12.4. The van der Waals surface area contributed by atoms with Crippen molar-refractivity contribution < 1.29 is 14.2 Å². The summed E-state index contributed by atoms with van der Waals surface area (Å²) in [5.74, 6) is 1.65. The van der Waals surface area contributed by atoms with Gasteiger partial charge < -0.3 is 19.5 Å². The minimum absolute atomic E-state index is 0.203. The van der Waals surface area contributed by atoms with Crippen LogP contribution < -0.4 is 14.8 Å². The molecule has 1 N–H and O–H groups in total. The summed E-state index contributed by atoms with van der Waals surface area (Å²) < 4.78 is 16.9. The van der Waals surface area contributed by atoms with Crippen LogP contribution in [0, 0.1) is 0 Å². The maximum absolute atomic E-state index is 5.97. The van der Waals surface area contributed by atoms with Gasteiger partial charge in [-0.3, -0.25) is 0 Å². The van der Waals surface area contributed by atoms with Crippen LogP contribution in [0.25, 0.3) is 0 Å². The van der Waals surface area contributed by atoms with Gasteiger partial charge in [-0.05, 0) is 37.9 Å². The van der Waals surface area contributed by atoms with Gasteiger partial charge in [0, 0.05) is 12.6 Å². The summed E-state index contributed by atoms with van der Waals surface area (Å²) in [5, 5.41) is 3.40. The highest BCUT2D eigenvalue weighted by Crippen LogP contribution is 2.22. The normalized spacial score (nSPS) is 21.9. The van der Waals surface area contributed by atoms with E-state index in [2.05, 4.69) is 12.2 Å². The van der Waals surface area contributed by atoms with Crippen LogP contribution in [0.5, 0.6) is 11.5 Å². The minimum atomic E-state index is 0.203. The minimum Gasteiger partial charge on any atom is -0.497 e. The van der Waals surface area contributed by atoms with E-state index in [0.717, 1.165) is 43.9 Å². The maximum Gasteiger partial charge on any atom is 0.123 e. The molecule has 0 saturated carbocycles. The molecule has 0 aromatic heterocycles. The Bertz CT molecular complexity index is 397. The number of hydrogen-bond acceptors (Lipinski definition) is 4. The zero-order valence-corrected chi connectivity index (χ0v) is 12.4. The average Bonchev–Trinajstić information content (AvgIpc) is 2.94. The molecule has 0 aliphatic carbocycles. The first-order chi connectivity index (χ1) is 9.81. The second kappa shape index (κ2) is 8.12. The van der Waals surface area contributed by atoms with Crippen molar-refractivity contribution in [3.05, 3.63) is 24.3 Å². The van der Waals surface area contributed by atoms with E-state index >= 15 is 0 Å². The van der Waals surface area contributed by atoms with E-state index in [9.17, 15) is 0 Å². The molecule has 0 spiro atoms. The van der Waals surface area contributed by atoms with Crippen LogP contribution in [0.4, 0.5) is 0 Å². The van der Waals surface area contributed by atoms with Crippen LogP contribution in [0.1, 0.15) is 26.2 Å². The molecule has 2 unspecified atom stereocenters. The molecule has 1 heterocycles. The largest absolute Gasteiger partial charge is 0.497 e. The third-order valence-electron chi connectivity index (χ3n) is 3.47. The van der Waals surface area contributed by atoms with Crippen molar-refractivity contribution >= 4 is 0 Å². The van der Waals surface area contributed by atoms with Gasteiger partial charge >= 0.3 is 0 Å². The van der Waals surface area contributed by atoms with Crippen LogP contribution in [-0.2, 0) is 4.74 Å². The molecule has 0 amide bonds. The van der Waals surface area contributed by atoms with E-state index in [-0.39, 0.29) is 6.10 Å². The predicted molar refractivity (Wildman–Crippen MR) is 79.5 cm³/mol. The molecule has 112 valence electrons. The Balaban J connectivity index is 1.69. The first-order valence-corrected chi connectivity index (χ1v) is 7.45. The quantitative estimate of drug-likeness (QED) is 0.743. The summed E-state index contributed by atoms with van der Waals surface area (Å²) in [5.41, 5.74) is 0. The van der Waals surface area contributed by atoms with E-state index in [4.69, 9.17) is 14.2 Å². The number of benzene rings is 1. The van der Waals surface area contributed by atoms with Crippen LogP contribution in [0.2, 0.25) is 0 Å². The van der Waals surface area contributed by atoms with Gasteiger partial charge in [0.25, 0.3) is 0 Å². The average molecular weight is 279 g/mol. The topological polar surface area (TPSA) is 39.7 Å². The third-order valence-corrected chi connectivity index (χ3v) is 3.47. The van der Waals surface area contributed by atoms with Crippen LogP contribution >= 0.6 is 0 Å². The number of nitrogens with one attached hydrogen (secondary N) is 1. The van der Waals surface area contributed by atoms with E-state index < -0.39 is 0 Å². The predicted octanol–water partition coefficient (Wildman–Crippen LogP) is 2.62. The Hall–Kier alpha value is -1.26. The van der Waals surface area contributed by atoms with Crippen LogP contribution in [0.3, 0.4) is 0 Å². The second-order valence-electron chi connectivity index (χ2n) is 5.15. The fourth-order valence-electron chi connectivity index (χ4n) is 2.37. The Kier molecular flexibility index (Phi) is 6.15. The van der Waals surface area contributed by atoms with Gasteiger partial charge in [0.15, 0.2) is 0 Å². The molecule has 1 aliphatic heterocycles. The lowest BCUT2D eigenvalue weighted by molar-refractivity contribution is 0.0186. The van der Waals surface area contributed by atoms with E-state index in [1.807, 2.05) is 24.3 Å². The van der Waals surface area contributed by atoms with Gasteiger partial charge in [-0.2, -0.15) is 0 Å². The van der Waals surface area contributed by atoms with Crippen LogP contribution in [0.15, 0.2) is 24.3 Å². The Morgan fingerprint density at radius 1 is 1.25 bits per heavy atom. The lowest BCUT2D eigenvalue weighted by Gasteiger charge is -2.15. The summed E-state index contributed by atoms with van der Waals surface area (Å²) in [6.45, 7) is 4.79. The SMILES string of the molecule is CCCNCC1CCC(COc2cccc(OC)c2)O1. The van der Waals surface area contributed by atoms with E-state index in [0.29, 0.717) is 12.7 Å². The molecule has 4 nitrogen and oxygen atoms in total. The maximum atomic E-state index is 5.97. The Morgan fingerprint density at radius 2 is 2.05 bits per heavy atom. The van der Waals surface area contributed by atoms with Crippen molar-refractivity contribution in [1.82, 2.24) is 5.32 Å². The fourth-order valence-corrected chi connectivity index (χ4v) is 2.37. The summed E-state index contributed by atoms with van der Waals surface area (Å²) in [4.78, 5) is 0. The number of methoxy groups -OCH3 is 1. The van der Waals surface area contributed by atoms with Crippen molar-refractivity contribution in [2.45, 2.75) is 38.4 Å². The van der Waals surface area contributed by atoms with Gasteiger partial charge in [-0.1, -0.05) is 13.0 Å². The van der Waals surface area contributed by atoms with Crippen molar-refractivity contribution in [3.8, 4) is 11.5 Å². The third kappa shape index (κ3) is 4.69. The highest BCUT2D eigenvalue weighted by Gasteiger charge is 2.25. The first kappa shape index (κ1) is 15.1. The lowest BCUT2D eigenvalue weighted by Crippen LogP contribution is -2.28. The van der Waals surface area contributed by atoms with Gasteiger partial charge in [-0.15, -0.1) is 0 Å². The van der Waals surface area contributed by atoms with Crippen molar-refractivity contribution in [1.29, 1.82) is 0 Å². The Labute approximate surface area is 121 Å². The van der Waals surface area contributed by atoms with Gasteiger partial charge in [0.05, 0.1) is 19.3 Å². The lowest BCUT2D eigenvalue weighted by atomic mass is 10.2. The molecule has 1 aromatic rings. The molecular formula is C16H25NO3. The molecule has 0 bridgehead atoms. The molecule has 1 aromatic carbocycles. The number of hydrogen-bond donors (Lipinski definition) is 1. The molecule has 2 rings (SSSR count). The number of ether oxygens (including phenoxy) is 3. The van der Waals surface area contributed by atoms with Crippen molar-refractivity contribution in [3.63, 3.8) is 0 Å². The monoisotopic (exact) mass is 279 g/mol. The fraction of sp³-hybridized carbons (Fsp3) is 0.625. The highest BCUT2D eigenvalue weighted by molar-refractivity contribution is 5.32. The summed E-state index contributed by atoms with van der Waals surface area (Å²) in [6.07, 6.45) is 3.88. The van der Waals surface area contributed by atoms with Crippen molar-refractivity contribution in [2.24, 2.45) is 0 Å². The molecule has 2 atom stereocenters. The zero-order chi connectivity index (χ0) is 14.2. The summed E-state index contributed by atoms with van der Waals surface area (Å²) in [7, 11) is 1.66. The van der Waals surface area contributed by atoms with Gasteiger partial charge in [0.1, 0.15) is 18.1 Å². The molecule has 4 heteroatoms. The molecule has 0 radical (unpaired) electrons. The Morgan fingerprint density at radius 3 is 2.85 bits per heavy atom. The van der Waals surface area contributed by atoms with Crippen molar-refractivity contribution in [2.75, 3.05) is 26.8 Å². The molecule has 1 saturated heterocycles. The molecule has 20 heavy (non-hydrogen) atoms. The molecule has 1 aliphatic rings. The van der Waals surface area contributed by atoms with Gasteiger partial charge in [0.2, 0.25) is 0 Å². The number of rotatable bonds is 8. The standard InChI is InChI=1S/C16H25NO3/c1-3-9-17-11-15-7-8-16(20-15)12-19-14-6-4-5-13(10-14)18-2/h4-6,10,15-17H,3,7-9,11-12H2,1-2H3. The molecule has 1 fully saturated rings. The molecular weight excluding hydrogens is 254 g/mol. The summed E-state index contributed by atoms with van der Waals surface area (Å²) >= 11 is 0. The first-order valence-electron chi connectivity index (χ1n) is 7.45. The van der Waals surface area contributed by atoms with E-state index in [1.54, 1.807) is 7.11 Å². The van der Waals surface area contributed by atoms with Gasteiger partial charge in [-0.25, -0.2) is 0 Å².